The molecule has 1 aromatic carbocycles. The largest absolute Gasteiger partial charge is 0.0613 e. The molecule has 2 saturated carbocycles. The lowest BCUT2D eigenvalue weighted by Crippen LogP contribution is -2.13. The molecule has 86 valence electrons. The Morgan fingerprint density at radius 3 is 2.12 bits per heavy atom. The van der Waals surface area contributed by atoms with E-state index >= 15 is 0 Å². The van der Waals surface area contributed by atoms with Gasteiger partial charge in [-0.1, -0.05) is 31.2 Å². The van der Waals surface area contributed by atoms with Crippen molar-refractivity contribution >= 4 is 0 Å². The summed E-state index contributed by atoms with van der Waals surface area (Å²) in [5.41, 5.74) is 3.89. The van der Waals surface area contributed by atoms with E-state index in [0.717, 1.165) is 17.8 Å². The molecule has 0 unspecified atom stereocenters. The molecule has 0 heterocycles. The highest BCUT2D eigenvalue weighted by Crippen LogP contribution is 2.58. The first-order valence-electron chi connectivity index (χ1n) is 6.90. The lowest BCUT2D eigenvalue weighted by molar-refractivity contribution is 0.306. The maximum atomic E-state index is 2.37. The smallest absolute Gasteiger partial charge is 0.0162 e. The maximum Gasteiger partial charge on any atom is -0.0162 e. The quantitative estimate of drug-likeness (QED) is 0.670. The van der Waals surface area contributed by atoms with Crippen LogP contribution in [0.5, 0.6) is 0 Å². The average molecular weight is 214 g/mol. The SMILES string of the molecule is CCc1ccc(C2CCC3(CC2)CC3)cc1. The molecule has 0 heteroatoms. The second-order valence-corrected chi connectivity index (χ2v) is 5.87. The van der Waals surface area contributed by atoms with E-state index in [1.807, 2.05) is 0 Å². The standard InChI is InChI=1S/C16H22/c1-2-13-3-5-14(6-4-13)15-7-9-16(10-8-15)11-12-16/h3-6,15H,2,7-12H2,1H3. The zero-order valence-corrected chi connectivity index (χ0v) is 10.3. The summed E-state index contributed by atoms with van der Waals surface area (Å²) in [4.78, 5) is 0. The highest BCUT2D eigenvalue weighted by atomic mass is 14.5. The fourth-order valence-corrected chi connectivity index (χ4v) is 3.27. The van der Waals surface area contributed by atoms with E-state index in [4.69, 9.17) is 0 Å². The Hall–Kier alpha value is -0.780. The fourth-order valence-electron chi connectivity index (χ4n) is 3.27. The Bertz CT molecular complexity index is 346. The highest BCUT2D eigenvalue weighted by Gasteiger charge is 2.44. The molecule has 0 amide bonds. The molecule has 3 rings (SSSR count). The predicted octanol–water partition coefficient (Wildman–Crippen LogP) is 4.69. The van der Waals surface area contributed by atoms with Gasteiger partial charge in [-0.3, -0.25) is 0 Å². The molecule has 16 heavy (non-hydrogen) atoms. The van der Waals surface area contributed by atoms with E-state index in [-0.39, 0.29) is 0 Å². The normalized spacial score (nSPS) is 23.6. The third-order valence-corrected chi connectivity index (χ3v) is 4.86. The lowest BCUT2D eigenvalue weighted by Gasteiger charge is -2.28. The van der Waals surface area contributed by atoms with Gasteiger partial charge in [-0.2, -0.15) is 0 Å². The van der Waals surface area contributed by atoms with Gasteiger partial charge in [0, 0.05) is 0 Å². The molecular formula is C16H22. The van der Waals surface area contributed by atoms with Crippen molar-refractivity contribution in [3.8, 4) is 0 Å². The third kappa shape index (κ3) is 1.90. The number of rotatable bonds is 2. The summed E-state index contributed by atoms with van der Waals surface area (Å²) in [5.74, 6) is 0.858. The summed E-state index contributed by atoms with van der Waals surface area (Å²) in [6.45, 7) is 2.23. The molecule has 0 aromatic heterocycles. The molecule has 0 saturated heterocycles. The van der Waals surface area contributed by atoms with Crippen molar-refractivity contribution in [1.82, 2.24) is 0 Å². The summed E-state index contributed by atoms with van der Waals surface area (Å²) >= 11 is 0. The van der Waals surface area contributed by atoms with Gasteiger partial charge in [0.2, 0.25) is 0 Å². The average Bonchev–Trinajstić information content (AvgIpc) is 3.10. The number of aryl methyl sites for hydroxylation is 1. The van der Waals surface area contributed by atoms with Crippen LogP contribution in [0.15, 0.2) is 24.3 Å². The summed E-state index contributed by atoms with van der Waals surface area (Å²) < 4.78 is 0. The first-order valence-corrected chi connectivity index (χ1v) is 6.90. The molecule has 0 nitrogen and oxygen atoms in total. The van der Waals surface area contributed by atoms with E-state index in [1.54, 1.807) is 5.56 Å². The zero-order chi connectivity index (χ0) is 11.0. The van der Waals surface area contributed by atoms with Crippen LogP contribution in [0.4, 0.5) is 0 Å². The summed E-state index contributed by atoms with van der Waals surface area (Å²) in [5, 5.41) is 0. The lowest BCUT2D eigenvalue weighted by atomic mass is 9.77. The van der Waals surface area contributed by atoms with E-state index in [1.165, 1.54) is 44.1 Å². The van der Waals surface area contributed by atoms with Crippen molar-refractivity contribution in [2.24, 2.45) is 5.41 Å². The van der Waals surface area contributed by atoms with Gasteiger partial charge in [-0.05, 0) is 67.4 Å². The first-order chi connectivity index (χ1) is 7.81. The van der Waals surface area contributed by atoms with Crippen molar-refractivity contribution in [3.63, 3.8) is 0 Å². The van der Waals surface area contributed by atoms with Gasteiger partial charge >= 0.3 is 0 Å². The number of hydrogen-bond acceptors (Lipinski definition) is 0. The predicted molar refractivity (Wildman–Crippen MR) is 68.7 cm³/mol. The van der Waals surface area contributed by atoms with Crippen molar-refractivity contribution < 1.29 is 0 Å². The van der Waals surface area contributed by atoms with Gasteiger partial charge < -0.3 is 0 Å². The van der Waals surface area contributed by atoms with Crippen molar-refractivity contribution in [2.75, 3.05) is 0 Å². The maximum absolute atomic E-state index is 2.37. The highest BCUT2D eigenvalue weighted by molar-refractivity contribution is 5.26. The van der Waals surface area contributed by atoms with Gasteiger partial charge in [0.1, 0.15) is 0 Å². The second-order valence-electron chi connectivity index (χ2n) is 5.87. The number of benzene rings is 1. The molecule has 1 spiro atoms. The minimum atomic E-state index is 0.833. The second kappa shape index (κ2) is 3.91. The minimum Gasteiger partial charge on any atom is -0.0613 e. The Morgan fingerprint density at radius 1 is 1.00 bits per heavy atom. The van der Waals surface area contributed by atoms with E-state index in [0.29, 0.717) is 0 Å². The van der Waals surface area contributed by atoms with Gasteiger partial charge in [-0.25, -0.2) is 0 Å². The van der Waals surface area contributed by atoms with Crippen LogP contribution < -0.4 is 0 Å². The van der Waals surface area contributed by atoms with Crippen LogP contribution in [0.2, 0.25) is 0 Å². The van der Waals surface area contributed by atoms with Crippen LogP contribution in [-0.4, -0.2) is 0 Å². The first kappa shape index (κ1) is 10.4. The molecule has 2 aliphatic rings. The van der Waals surface area contributed by atoms with Gasteiger partial charge in [-0.15, -0.1) is 0 Å². The molecule has 1 aromatic rings. The molecule has 0 N–H and O–H groups in total. The van der Waals surface area contributed by atoms with Gasteiger partial charge in [0.25, 0.3) is 0 Å². The Labute approximate surface area is 99.1 Å². The summed E-state index contributed by atoms with van der Waals surface area (Å²) in [6.07, 6.45) is 10.1. The Balaban J connectivity index is 1.67. The summed E-state index contributed by atoms with van der Waals surface area (Å²) in [6, 6.07) is 9.37. The van der Waals surface area contributed by atoms with Crippen LogP contribution in [0, 0.1) is 5.41 Å². The van der Waals surface area contributed by atoms with E-state index < -0.39 is 0 Å². The molecule has 2 aliphatic carbocycles. The van der Waals surface area contributed by atoms with Crippen molar-refractivity contribution in [3.05, 3.63) is 35.4 Å². The van der Waals surface area contributed by atoms with Crippen molar-refractivity contribution in [1.29, 1.82) is 0 Å². The van der Waals surface area contributed by atoms with E-state index in [2.05, 4.69) is 31.2 Å². The number of hydrogen-bond donors (Lipinski definition) is 0. The minimum absolute atomic E-state index is 0.833. The van der Waals surface area contributed by atoms with Crippen LogP contribution in [0.3, 0.4) is 0 Å². The van der Waals surface area contributed by atoms with Crippen LogP contribution in [0.1, 0.15) is 62.5 Å². The van der Waals surface area contributed by atoms with Crippen LogP contribution in [0.25, 0.3) is 0 Å². The monoisotopic (exact) mass is 214 g/mol. The topological polar surface area (TPSA) is 0 Å². The zero-order valence-electron chi connectivity index (χ0n) is 10.3. The Morgan fingerprint density at radius 2 is 1.62 bits per heavy atom. The van der Waals surface area contributed by atoms with Crippen molar-refractivity contribution in [2.45, 2.75) is 57.8 Å². The molecular weight excluding hydrogens is 192 g/mol. The van der Waals surface area contributed by atoms with E-state index in [9.17, 15) is 0 Å². The van der Waals surface area contributed by atoms with Crippen LogP contribution >= 0.6 is 0 Å². The molecule has 0 bridgehead atoms. The molecule has 2 fully saturated rings. The fraction of sp³-hybridized carbons (Fsp3) is 0.625. The van der Waals surface area contributed by atoms with Gasteiger partial charge in [0.15, 0.2) is 0 Å². The summed E-state index contributed by atoms with van der Waals surface area (Å²) in [7, 11) is 0. The van der Waals surface area contributed by atoms with Gasteiger partial charge in [0.05, 0.1) is 0 Å². The molecule has 0 atom stereocenters. The molecule has 0 aliphatic heterocycles. The Kier molecular flexibility index (Phi) is 2.53. The van der Waals surface area contributed by atoms with Crippen LogP contribution in [-0.2, 0) is 6.42 Å². The molecule has 0 radical (unpaired) electrons. The third-order valence-electron chi connectivity index (χ3n) is 4.86.